The number of carbonyl (C=O) groups is 2. The molecule has 28 heavy (non-hydrogen) atoms. The van der Waals surface area contributed by atoms with E-state index in [1.165, 1.54) is 18.5 Å². The van der Waals surface area contributed by atoms with Gasteiger partial charge in [-0.25, -0.2) is 0 Å². The zero-order chi connectivity index (χ0) is 20.3. The second-order valence-electron chi connectivity index (χ2n) is 8.09. The topological polar surface area (TPSA) is 61.4 Å². The summed E-state index contributed by atoms with van der Waals surface area (Å²) in [4.78, 5) is 27.9. The second-order valence-corrected chi connectivity index (χ2v) is 8.09. The van der Waals surface area contributed by atoms with Crippen LogP contribution in [0.25, 0.3) is 0 Å². The molecule has 0 bridgehead atoms. The van der Waals surface area contributed by atoms with E-state index in [2.05, 4.69) is 15.5 Å². The summed E-state index contributed by atoms with van der Waals surface area (Å²) in [7, 11) is 0. The predicted molar refractivity (Wildman–Crippen MR) is 115 cm³/mol. The van der Waals surface area contributed by atoms with Gasteiger partial charge in [-0.15, -0.1) is 0 Å². The van der Waals surface area contributed by atoms with Gasteiger partial charge in [0.15, 0.2) is 0 Å². The van der Waals surface area contributed by atoms with Gasteiger partial charge in [-0.3, -0.25) is 9.59 Å². The third-order valence-corrected chi connectivity index (χ3v) is 5.37. The maximum atomic E-state index is 12.8. The highest BCUT2D eigenvalue weighted by molar-refractivity contribution is 6.14. The fraction of sp³-hybridized carbons (Fsp3) is 0.391. The van der Waals surface area contributed by atoms with Crippen molar-refractivity contribution >= 4 is 28.9 Å². The van der Waals surface area contributed by atoms with Gasteiger partial charge >= 0.3 is 0 Å². The van der Waals surface area contributed by atoms with Gasteiger partial charge in [0.1, 0.15) is 5.41 Å². The first kappa shape index (κ1) is 19.9. The van der Waals surface area contributed by atoms with E-state index in [9.17, 15) is 9.59 Å². The first-order valence-electron chi connectivity index (χ1n) is 9.82. The number of anilines is 3. The van der Waals surface area contributed by atoms with Gasteiger partial charge in [0.25, 0.3) is 0 Å². The minimum atomic E-state index is -1.20. The molecule has 0 spiro atoms. The van der Waals surface area contributed by atoms with Crippen LogP contribution in [-0.4, -0.2) is 24.9 Å². The number of nitrogens with one attached hydrogen (secondary N) is 2. The highest BCUT2D eigenvalue weighted by atomic mass is 16.2. The Morgan fingerprint density at radius 1 is 0.893 bits per heavy atom. The smallest absolute Gasteiger partial charge is 0.239 e. The molecule has 1 aliphatic heterocycles. The van der Waals surface area contributed by atoms with E-state index in [1.807, 2.05) is 56.3 Å². The first-order chi connectivity index (χ1) is 13.3. The Morgan fingerprint density at radius 3 is 2.14 bits per heavy atom. The highest BCUT2D eigenvalue weighted by Crippen LogP contribution is 2.26. The van der Waals surface area contributed by atoms with E-state index < -0.39 is 5.41 Å². The lowest BCUT2D eigenvalue weighted by atomic mass is 9.90. The van der Waals surface area contributed by atoms with E-state index in [4.69, 9.17) is 0 Å². The predicted octanol–water partition coefficient (Wildman–Crippen LogP) is 4.51. The number of hydrogen-bond acceptors (Lipinski definition) is 3. The van der Waals surface area contributed by atoms with Crippen molar-refractivity contribution in [1.82, 2.24) is 0 Å². The van der Waals surface area contributed by atoms with Crippen LogP contribution in [0.4, 0.5) is 17.1 Å². The summed E-state index contributed by atoms with van der Waals surface area (Å²) in [6.07, 6.45) is 2.45. The third-order valence-electron chi connectivity index (χ3n) is 5.37. The van der Waals surface area contributed by atoms with Crippen molar-refractivity contribution in [3.8, 4) is 0 Å². The SMILES string of the molecule is Cc1ccc(C)c(NC(=O)C(C)(C)C(=O)Nc2ccc(N3CCCC3)cc2)c1. The van der Waals surface area contributed by atoms with Gasteiger partial charge in [-0.05, 0) is 82.0 Å². The molecule has 0 radical (unpaired) electrons. The van der Waals surface area contributed by atoms with Crippen molar-refractivity contribution in [2.24, 2.45) is 5.41 Å². The zero-order valence-corrected chi connectivity index (χ0v) is 17.1. The lowest BCUT2D eigenvalue weighted by Crippen LogP contribution is -2.41. The Morgan fingerprint density at radius 2 is 1.50 bits per heavy atom. The summed E-state index contributed by atoms with van der Waals surface area (Å²) in [5.41, 5.74) is 3.42. The van der Waals surface area contributed by atoms with Crippen LogP contribution in [0.3, 0.4) is 0 Å². The summed E-state index contributed by atoms with van der Waals surface area (Å²) >= 11 is 0. The van der Waals surface area contributed by atoms with Crippen LogP contribution in [-0.2, 0) is 9.59 Å². The number of benzene rings is 2. The molecule has 1 heterocycles. The van der Waals surface area contributed by atoms with Crippen molar-refractivity contribution in [3.63, 3.8) is 0 Å². The first-order valence-corrected chi connectivity index (χ1v) is 9.82. The fourth-order valence-electron chi connectivity index (χ4n) is 3.27. The average Bonchev–Trinajstić information content (AvgIpc) is 3.20. The minimum absolute atomic E-state index is 0.326. The Labute approximate surface area is 167 Å². The molecule has 1 aliphatic rings. The summed E-state index contributed by atoms with van der Waals surface area (Å²) in [5, 5.41) is 5.77. The monoisotopic (exact) mass is 379 g/mol. The van der Waals surface area contributed by atoms with Gasteiger partial charge in [0, 0.05) is 30.2 Å². The number of hydrogen-bond donors (Lipinski definition) is 2. The maximum Gasteiger partial charge on any atom is 0.239 e. The quantitative estimate of drug-likeness (QED) is 0.752. The van der Waals surface area contributed by atoms with Crippen molar-refractivity contribution in [2.75, 3.05) is 28.6 Å². The fourth-order valence-corrected chi connectivity index (χ4v) is 3.27. The molecule has 0 saturated carbocycles. The lowest BCUT2D eigenvalue weighted by Gasteiger charge is -2.24. The van der Waals surface area contributed by atoms with Crippen LogP contribution in [0.2, 0.25) is 0 Å². The molecule has 5 nitrogen and oxygen atoms in total. The molecule has 0 aliphatic carbocycles. The summed E-state index contributed by atoms with van der Waals surface area (Å²) in [6, 6.07) is 13.7. The van der Waals surface area contributed by atoms with E-state index >= 15 is 0 Å². The molecule has 3 rings (SSSR count). The molecular weight excluding hydrogens is 350 g/mol. The largest absolute Gasteiger partial charge is 0.372 e. The number of aryl methyl sites for hydroxylation is 2. The Balaban J connectivity index is 1.66. The molecule has 2 aromatic rings. The molecule has 1 saturated heterocycles. The molecule has 2 amide bonds. The van der Waals surface area contributed by atoms with Gasteiger partial charge in [0.2, 0.25) is 11.8 Å². The molecule has 0 aromatic heterocycles. The maximum absolute atomic E-state index is 12.8. The number of carbonyl (C=O) groups excluding carboxylic acids is 2. The van der Waals surface area contributed by atoms with E-state index in [0.717, 1.165) is 29.9 Å². The van der Waals surface area contributed by atoms with Crippen LogP contribution in [0.15, 0.2) is 42.5 Å². The highest BCUT2D eigenvalue weighted by Gasteiger charge is 2.36. The molecule has 2 N–H and O–H groups in total. The van der Waals surface area contributed by atoms with E-state index in [0.29, 0.717) is 5.69 Å². The third kappa shape index (κ3) is 4.35. The van der Waals surface area contributed by atoms with E-state index in [-0.39, 0.29) is 11.8 Å². The van der Waals surface area contributed by atoms with Crippen molar-refractivity contribution in [3.05, 3.63) is 53.6 Å². The molecule has 5 heteroatoms. The van der Waals surface area contributed by atoms with Crippen molar-refractivity contribution < 1.29 is 9.59 Å². The molecular formula is C23H29N3O2. The number of amides is 2. The van der Waals surface area contributed by atoms with Crippen LogP contribution in [0.5, 0.6) is 0 Å². The number of rotatable bonds is 5. The molecule has 2 aromatic carbocycles. The minimum Gasteiger partial charge on any atom is -0.372 e. The second kappa shape index (κ2) is 8.05. The molecule has 1 fully saturated rings. The number of nitrogens with zero attached hydrogens (tertiary/aromatic N) is 1. The normalized spacial score (nSPS) is 14.1. The van der Waals surface area contributed by atoms with Crippen LogP contribution in [0.1, 0.15) is 37.8 Å². The van der Waals surface area contributed by atoms with Gasteiger partial charge in [-0.2, -0.15) is 0 Å². The zero-order valence-electron chi connectivity index (χ0n) is 17.1. The summed E-state index contributed by atoms with van der Waals surface area (Å²) < 4.78 is 0. The average molecular weight is 380 g/mol. The van der Waals surface area contributed by atoms with Crippen LogP contribution in [0, 0.1) is 19.3 Å². The van der Waals surface area contributed by atoms with Crippen LogP contribution < -0.4 is 15.5 Å². The summed E-state index contributed by atoms with van der Waals surface area (Å²) in [5.74, 6) is -0.656. The Kier molecular flexibility index (Phi) is 5.73. The standard InChI is InChI=1S/C23H29N3O2/c1-16-7-8-17(2)20(15-16)25-22(28)23(3,4)21(27)24-18-9-11-19(12-10-18)26-13-5-6-14-26/h7-12,15H,5-6,13-14H2,1-4H3,(H,24,27)(H,25,28). The van der Waals surface area contributed by atoms with Crippen LogP contribution >= 0.6 is 0 Å². The molecule has 0 atom stereocenters. The van der Waals surface area contributed by atoms with Crippen molar-refractivity contribution in [1.29, 1.82) is 0 Å². The van der Waals surface area contributed by atoms with Gasteiger partial charge in [-0.1, -0.05) is 12.1 Å². The Hall–Kier alpha value is -2.82. The summed E-state index contributed by atoms with van der Waals surface area (Å²) in [6.45, 7) is 9.35. The van der Waals surface area contributed by atoms with Gasteiger partial charge in [0.05, 0.1) is 0 Å². The Bertz CT molecular complexity index is 866. The molecule has 0 unspecified atom stereocenters. The van der Waals surface area contributed by atoms with Crippen molar-refractivity contribution in [2.45, 2.75) is 40.5 Å². The lowest BCUT2D eigenvalue weighted by molar-refractivity contribution is -0.135. The van der Waals surface area contributed by atoms with E-state index in [1.54, 1.807) is 13.8 Å². The molecule has 148 valence electrons. The van der Waals surface area contributed by atoms with Gasteiger partial charge < -0.3 is 15.5 Å².